The summed E-state index contributed by atoms with van der Waals surface area (Å²) < 4.78 is 0. The molecule has 1 aliphatic heterocycles. The molecule has 1 saturated heterocycles. The van der Waals surface area contributed by atoms with Crippen LogP contribution in [-0.4, -0.2) is 70.3 Å². The minimum Gasteiger partial charge on any atom is -0.480 e. The van der Waals surface area contributed by atoms with E-state index in [0.717, 1.165) is 0 Å². The molecule has 1 rings (SSSR count). The lowest BCUT2D eigenvalue weighted by molar-refractivity contribution is -0.145. The fraction of sp³-hybridized carbons (Fsp3) is 0.773. The quantitative estimate of drug-likeness (QED) is 0.245. The summed E-state index contributed by atoms with van der Waals surface area (Å²) >= 11 is 0. The number of amides is 4. The van der Waals surface area contributed by atoms with Crippen LogP contribution in [0.4, 0.5) is 0 Å². The van der Waals surface area contributed by atoms with Gasteiger partial charge in [0.05, 0.1) is 6.04 Å². The number of primary amides is 1. The lowest BCUT2D eigenvalue weighted by Gasteiger charge is -2.32. The number of hydrogen-bond acceptors (Lipinski definition) is 6. The smallest absolute Gasteiger partial charge is 0.326 e. The third-order valence-corrected chi connectivity index (χ3v) is 5.98. The van der Waals surface area contributed by atoms with Crippen LogP contribution in [-0.2, 0) is 24.0 Å². The highest BCUT2D eigenvalue weighted by molar-refractivity contribution is 5.94. The highest BCUT2D eigenvalue weighted by atomic mass is 16.4. The number of carboxylic acid groups (broad SMARTS) is 1. The number of aliphatic carboxylic acids is 1. The Labute approximate surface area is 195 Å². The van der Waals surface area contributed by atoms with Crippen molar-refractivity contribution in [1.82, 2.24) is 15.5 Å². The number of nitrogens with one attached hydrogen (secondary N) is 2. The molecule has 1 aliphatic rings. The molecule has 0 aromatic rings. The van der Waals surface area contributed by atoms with Crippen molar-refractivity contribution in [1.29, 1.82) is 0 Å². The normalized spacial score (nSPS) is 19.5. The topological polar surface area (TPSA) is 185 Å². The monoisotopic (exact) mass is 469 g/mol. The van der Waals surface area contributed by atoms with Gasteiger partial charge >= 0.3 is 5.97 Å². The summed E-state index contributed by atoms with van der Waals surface area (Å²) in [6, 6.07) is -3.75. The van der Waals surface area contributed by atoms with Crippen LogP contribution in [0, 0.1) is 11.8 Å². The van der Waals surface area contributed by atoms with Gasteiger partial charge in [0.1, 0.15) is 18.1 Å². The van der Waals surface area contributed by atoms with Gasteiger partial charge in [0, 0.05) is 13.0 Å². The second-order valence-corrected chi connectivity index (χ2v) is 9.20. The van der Waals surface area contributed by atoms with E-state index in [2.05, 4.69) is 10.6 Å². The van der Waals surface area contributed by atoms with E-state index in [1.807, 2.05) is 27.7 Å². The average molecular weight is 470 g/mol. The van der Waals surface area contributed by atoms with Crippen molar-refractivity contribution >= 4 is 29.6 Å². The number of likely N-dealkylation sites (tertiary alicyclic amines) is 1. The van der Waals surface area contributed by atoms with Crippen LogP contribution in [0.25, 0.3) is 0 Å². The summed E-state index contributed by atoms with van der Waals surface area (Å²) in [5.74, 6) is -3.36. The highest BCUT2D eigenvalue weighted by Crippen LogP contribution is 2.22. The second kappa shape index (κ2) is 13.1. The summed E-state index contributed by atoms with van der Waals surface area (Å²) in [7, 11) is 0. The Kier molecular flexibility index (Phi) is 11.3. The van der Waals surface area contributed by atoms with Gasteiger partial charge in [0.2, 0.25) is 23.6 Å². The Hall–Kier alpha value is -2.69. The van der Waals surface area contributed by atoms with E-state index in [4.69, 9.17) is 11.5 Å². The Bertz CT molecular complexity index is 728. The van der Waals surface area contributed by atoms with E-state index < -0.39 is 53.8 Å². The molecule has 0 bridgehead atoms. The molecular weight excluding hydrogens is 430 g/mol. The molecule has 5 atom stereocenters. The van der Waals surface area contributed by atoms with Crippen molar-refractivity contribution in [2.24, 2.45) is 23.3 Å². The molecule has 1 heterocycles. The number of nitrogens with zero attached hydrogens (tertiary/aromatic N) is 1. The van der Waals surface area contributed by atoms with Gasteiger partial charge < -0.3 is 32.1 Å². The molecule has 0 aromatic carbocycles. The number of nitrogens with two attached hydrogens (primary N) is 2. The van der Waals surface area contributed by atoms with E-state index in [0.29, 0.717) is 25.8 Å². The highest BCUT2D eigenvalue weighted by Gasteiger charge is 2.40. The van der Waals surface area contributed by atoms with Crippen molar-refractivity contribution in [3.05, 3.63) is 0 Å². The molecule has 4 amide bonds. The van der Waals surface area contributed by atoms with Crippen LogP contribution in [0.15, 0.2) is 0 Å². The minimum absolute atomic E-state index is 0.0496. The van der Waals surface area contributed by atoms with Crippen molar-refractivity contribution in [3.63, 3.8) is 0 Å². The molecule has 11 nitrogen and oxygen atoms in total. The molecule has 7 N–H and O–H groups in total. The molecule has 0 radical (unpaired) electrons. The molecule has 0 aromatic heterocycles. The van der Waals surface area contributed by atoms with E-state index in [-0.39, 0.29) is 31.1 Å². The number of carboxylic acids is 1. The van der Waals surface area contributed by atoms with Gasteiger partial charge in [-0.15, -0.1) is 0 Å². The Morgan fingerprint density at radius 3 is 2.27 bits per heavy atom. The summed E-state index contributed by atoms with van der Waals surface area (Å²) in [4.78, 5) is 62.7. The Morgan fingerprint density at radius 1 is 1.12 bits per heavy atom. The van der Waals surface area contributed by atoms with Gasteiger partial charge in [-0.3, -0.25) is 19.2 Å². The average Bonchev–Trinajstić information content (AvgIpc) is 3.23. The number of hydrogen-bond donors (Lipinski definition) is 5. The first kappa shape index (κ1) is 28.3. The summed E-state index contributed by atoms with van der Waals surface area (Å²) in [6.07, 6.45) is 1.87. The predicted molar refractivity (Wildman–Crippen MR) is 122 cm³/mol. The van der Waals surface area contributed by atoms with E-state index in [9.17, 15) is 29.1 Å². The maximum absolute atomic E-state index is 13.4. The molecule has 0 saturated carbocycles. The molecule has 5 unspecified atom stereocenters. The zero-order valence-electron chi connectivity index (χ0n) is 20.0. The minimum atomic E-state index is -1.12. The van der Waals surface area contributed by atoms with Crippen molar-refractivity contribution in [2.75, 3.05) is 6.54 Å². The Balaban J connectivity index is 2.95. The van der Waals surface area contributed by atoms with E-state index >= 15 is 0 Å². The lowest BCUT2D eigenvalue weighted by Crippen LogP contribution is -2.58. The number of rotatable bonds is 13. The summed E-state index contributed by atoms with van der Waals surface area (Å²) in [5, 5.41) is 14.7. The van der Waals surface area contributed by atoms with Crippen LogP contribution >= 0.6 is 0 Å². The van der Waals surface area contributed by atoms with Crippen LogP contribution in [0.2, 0.25) is 0 Å². The van der Waals surface area contributed by atoms with Crippen molar-refractivity contribution in [3.8, 4) is 0 Å². The fourth-order valence-corrected chi connectivity index (χ4v) is 3.81. The first-order valence-electron chi connectivity index (χ1n) is 11.6. The standard InChI is InChI=1S/C22H39N5O6/c1-5-13(4)18(26-19(29)14(23)8-9-17(24)28)21(31)27-10-6-7-16(27)20(30)25-15(22(32)33)11-12(2)3/h12-16,18H,5-11,23H2,1-4H3,(H2,24,28)(H,25,30)(H,26,29)(H,32,33). The third-order valence-electron chi connectivity index (χ3n) is 5.98. The predicted octanol–water partition coefficient (Wildman–Crippen LogP) is -0.283. The first-order valence-corrected chi connectivity index (χ1v) is 11.6. The molecule has 11 heteroatoms. The fourth-order valence-electron chi connectivity index (χ4n) is 3.81. The second-order valence-electron chi connectivity index (χ2n) is 9.20. The van der Waals surface area contributed by atoms with Gasteiger partial charge in [-0.2, -0.15) is 0 Å². The summed E-state index contributed by atoms with van der Waals surface area (Å²) in [5.41, 5.74) is 10.9. The van der Waals surface area contributed by atoms with Crippen LogP contribution in [0.1, 0.15) is 66.2 Å². The molecule has 0 spiro atoms. The van der Waals surface area contributed by atoms with Crippen LogP contribution in [0.3, 0.4) is 0 Å². The molecular formula is C22H39N5O6. The first-order chi connectivity index (χ1) is 15.4. The van der Waals surface area contributed by atoms with Crippen molar-refractivity contribution in [2.45, 2.75) is 90.4 Å². The van der Waals surface area contributed by atoms with Gasteiger partial charge in [-0.05, 0) is 37.5 Å². The van der Waals surface area contributed by atoms with Crippen LogP contribution < -0.4 is 22.1 Å². The molecule has 0 aliphatic carbocycles. The van der Waals surface area contributed by atoms with Gasteiger partial charge in [0.15, 0.2) is 0 Å². The maximum atomic E-state index is 13.4. The SMILES string of the molecule is CCC(C)C(NC(=O)C(N)CCC(N)=O)C(=O)N1CCCC1C(=O)NC(CC(C)C)C(=O)O. The van der Waals surface area contributed by atoms with Gasteiger partial charge in [0.25, 0.3) is 0 Å². The van der Waals surface area contributed by atoms with Crippen molar-refractivity contribution < 1.29 is 29.1 Å². The molecule has 188 valence electrons. The van der Waals surface area contributed by atoms with Gasteiger partial charge in [-0.25, -0.2) is 4.79 Å². The number of carbonyl (C=O) groups is 5. The maximum Gasteiger partial charge on any atom is 0.326 e. The molecule has 33 heavy (non-hydrogen) atoms. The summed E-state index contributed by atoms with van der Waals surface area (Å²) in [6.45, 7) is 7.74. The zero-order chi connectivity index (χ0) is 25.3. The third kappa shape index (κ3) is 8.64. The zero-order valence-corrected chi connectivity index (χ0v) is 20.0. The largest absolute Gasteiger partial charge is 0.480 e. The Morgan fingerprint density at radius 2 is 1.76 bits per heavy atom. The van der Waals surface area contributed by atoms with Gasteiger partial charge in [-0.1, -0.05) is 34.1 Å². The van der Waals surface area contributed by atoms with E-state index in [1.54, 1.807) is 0 Å². The van der Waals surface area contributed by atoms with E-state index in [1.165, 1.54) is 4.90 Å². The molecule has 1 fully saturated rings. The van der Waals surface area contributed by atoms with Crippen LogP contribution in [0.5, 0.6) is 0 Å². The number of carbonyl (C=O) groups excluding carboxylic acids is 4. The lowest BCUT2D eigenvalue weighted by atomic mass is 9.96.